The molecule has 0 saturated carbocycles. The SMILES string of the molecule is COc1ccc(C)cc1N(CCC(=O)O)C(=O)c1ccco1. The summed E-state index contributed by atoms with van der Waals surface area (Å²) in [7, 11) is 1.50. The fraction of sp³-hybridized carbons (Fsp3) is 0.250. The molecule has 0 aliphatic carbocycles. The summed E-state index contributed by atoms with van der Waals surface area (Å²) < 4.78 is 10.4. The molecule has 2 rings (SSSR count). The number of amides is 1. The van der Waals surface area contributed by atoms with Gasteiger partial charge >= 0.3 is 5.97 Å². The van der Waals surface area contributed by atoms with E-state index >= 15 is 0 Å². The number of carbonyl (C=O) groups is 2. The van der Waals surface area contributed by atoms with Gasteiger partial charge in [-0.1, -0.05) is 6.07 Å². The Labute approximate surface area is 127 Å². The Balaban J connectivity index is 2.41. The first-order valence-electron chi connectivity index (χ1n) is 6.74. The summed E-state index contributed by atoms with van der Waals surface area (Å²) >= 11 is 0. The molecule has 0 bridgehead atoms. The first-order chi connectivity index (χ1) is 10.5. The van der Waals surface area contributed by atoms with E-state index in [-0.39, 0.29) is 18.7 Å². The summed E-state index contributed by atoms with van der Waals surface area (Å²) in [6, 6.07) is 8.53. The second-order valence-corrected chi connectivity index (χ2v) is 4.75. The third kappa shape index (κ3) is 3.46. The van der Waals surface area contributed by atoms with Crippen LogP contribution in [0.4, 0.5) is 5.69 Å². The van der Waals surface area contributed by atoms with Gasteiger partial charge in [0, 0.05) is 6.54 Å². The van der Waals surface area contributed by atoms with Gasteiger partial charge in [-0.05, 0) is 36.8 Å². The first-order valence-corrected chi connectivity index (χ1v) is 6.74. The van der Waals surface area contributed by atoms with E-state index < -0.39 is 11.9 Å². The average Bonchev–Trinajstić information content (AvgIpc) is 3.01. The maximum atomic E-state index is 12.6. The molecule has 0 aliphatic heterocycles. The lowest BCUT2D eigenvalue weighted by Crippen LogP contribution is -2.33. The van der Waals surface area contributed by atoms with Crippen molar-refractivity contribution in [1.29, 1.82) is 0 Å². The number of benzene rings is 1. The van der Waals surface area contributed by atoms with Gasteiger partial charge in [-0.3, -0.25) is 9.59 Å². The van der Waals surface area contributed by atoms with Crippen molar-refractivity contribution in [1.82, 2.24) is 0 Å². The van der Waals surface area contributed by atoms with Crippen molar-refractivity contribution >= 4 is 17.6 Å². The second kappa shape index (κ2) is 6.80. The van der Waals surface area contributed by atoms with Crippen LogP contribution in [0.25, 0.3) is 0 Å². The standard InChI is InChI=1S/C16H17NO5/c1-11-5-6-13(21-2)12(10-11)17(8-7-15(18)19)16(20)14-4-3-9-22-14/h3-6,9-10H,7-8H2,1-2H3,(H,18,19). The number of carbonyl (C=O) groups excluding carboxylic acids is 1. The van der Waals surface area contributed by atoms with Gasteiger partial charge in [-0.25, -0.2) is 0 Å². The highest BCUT2D eigenvalue weighted by Gasteiger charge is 2.23. The molecule has 0 spiro atoms. The molecule has 1 N–H and O–H groups in total. The molecule has 6 nitrogen and oxygen atoms in total. The summed E-state index contributed by atoms with van der Waals surface area (Å²) in [5.41, 5.74) is 1.45. The van der Waals surface area contributed by atoms with Gasteiger partial charge in [0.15, 0.2) is 5.76 Å². The predicted molar refractivity (Wildman–Crippen MR) is 80.4 cm³/mol. The minimum Gasteiger partial charge on any atom is -0.495 e. The van der Waals surface area contributed by atoms with Crippen LogP contribution < -0.4 is 9.64 Å². The minimum absolute atomic E-state index is 0.0225. The van der Waals surface area contributed by atoms with E-state index in [1.54, 1.807) is 24.3 Å². The monoisotopic (exact) mass is 303 g/mol. The molecule has 1 aromatic carbocycles. The third-order valence-electron chi connectivity index (χ3n) is 3.15. The molecule has 116 valence electrons. The molecular formula is C16H17NO5. The number of carboxylic acid groups (broad SMARTS) is 1. The Morgan fingerprint density at radius 2 is 2.09 bits per heavy atom. The fourth-order valence-corrected chi connectivity index (χ4v) is 2.08. The number of ether oxygens (including phenoxy) is 1. The van der Waals surface area contributed by atoms with E-state index in [1.807, 2.05) is 13.0 Å². The summed E-state index contributed by atoms with van der Waals surface area (Å²) in [4.78, 5) is 24.8. The lowest BCUT2D eigenvalue weighted by Gasteiger charge is -2.23. The van der Waals surface area contributed by atoms with Crippen molar-refractivity contribution in [3.05, 3.63) is 47.9 Å². The van der Waals surface area contributed by atoms with E-state index in [4.69, 9.17) is 14.3 Å². The summed E-state index contributed by atoms with van der Waals surface area (Å²) in [5.74, 6) is -0.746. The van der Waals surface area contributed by atoms with Crippen LogP contribution in [0.15, 0.2) is 41.0 Å². The van der Waals surface area contributed by atoms with Crippen molar-refractivity contribution < 1.29 is 23.8 Å². The van der Waals surface area contributed by atoms with Crippen molar-refractivity contribution in [3.8, 4) is 5.75 Å². The Morgan fingerprint density at radius 1 is 1.32 bits per heavy atom. The van der Waals surface area contributed by atoms with Crippen LogP contribution in [0.1, 0.15) is 22.5 Å². The maximum Gasteiger partial charge on any atom is 0.305 e. The van der Waals surface area contributed by atoms with Crippen LogP contribution in [0.2, 0.25) is 0 Å². The summed E-state index contributed by atoms with van der Waals surface area (Å²) in [5, 5.41) is 8.91. The Bertz CT molecular complexity index is 663. The van der Waals surface area contributed by atoms with E-state index in [1.165, 1.54) is 18.3 Å². The lowest BCUT2D eigenvalue weighted by atomic mass is 10.1. The van der Waals surface area contributed by atoms with Gasteiger partial charge in [-0.15, -0.1) is 0 Å². The van der Waals surface area contributed by atoms with E-state index in [0.717, 1.165) is 5.56 Å². The fourth-order valence-electron chi connectivity index (χ4n) is 2.08. The number of furan rings is 1. The van der Waals surface area contributed by atoms with Crippen LogP contribution in [-0.4, -0.2) is 30.6 Å². The molecular weight excluding hydrogens is 286 g/mol. The zero-order valence-electron chi connectivity index (χ0n) is 12.4. The van der Waals surface area contributed by atoms with Gasteiger partial charge in [0.25, 0.3) is 5.91 Å². The smallest absolute Gasteiger partial charge is 0.305 e. The van der Waals surface area contributed by atoms with Crippen molar-refractivity contribution in [2.45, 2.75) is 13.3 Å². The van der Waals surface area contributed by atoms with Crippen molar-refractivity contribution in [3.63, 3.8) is 0 Å². The largest absolute Gasteiger partial charge is 0.495 e. The molecule has 0 radical (unpaired) electrons. The van der Waals surface area contributed by atoms with Crippen LogP contribution >= 0.6 is 0 Å². The molecule has 0 unspecified atom stereocenters. The summed E-state index contributed by atoms with van der Waals surface area (Å²) in [6.45, 7) is 1.91. The van der Waals surface area contributed by atoms with E-state index in [0.29, 0.717) is 11.4 Å². The van der Waals surface area contributed by atoms with Crippen LogP contribution in [0.3, 0.4) is 0 Å². The number of carboxylic acids is 1. The first kappa shape index (κ1) is 15.6. The molecule has 0 saturated heterocycles. The van der Waals surface area contributed by atoms with Crippen LogP contribution in [0.5, 0.6) is 5.75 Å². The number of methoxy groups -OCH3 is 1. The normalized spacial score (nSPS) is 10.3. The number of hydrogen-bond acceptors (Lipinski definition) is 4. The van der Waals surface area contributed by atoms with Crippen molar-refractivity contribution in [2.75, 3.05) is 18.6 Å². The quantitative estimate of drug-likeness (QED) is 0.887. The lowest BCUT2D eigenvalue weighted by molar-refractivity contribution is -0.136. The molecule has 1 heterocycles. The number of anilines is 1. The molecule has 0 atom stereocenters. The van der Waals surface area contributed by atoms with Crippen molar-refractivity contribution in [2.24, 2.45) is 0 Å². The third-order valence-corrected chi connectivity index (χ3v) is 3.15. The number of rotatable bonds is 6. The van der Waals surface area contributed by atoms with E-state index in [2.05, 4.69) is 0 Å². The van der Waals surface area contributed by atoms with Gasteiger partial charge in [0.05, 0.1) is 25.5 Å². The number of aliphatic carboxylic acids is 1. The zero-order valence-corrected chi connectivity index (χ0v) is 12.4. The molecule has 2 aromatic rings. The zero-order chi connectivity index (χ0) is 16.1. The number of nitrogens with zero attached hydrogens (tertiary/aromatic N) is 1. The molecule has 1 aromatic heterocycles. The molecule has 6 heteroatoms. The molecule has 0 aliphatic rings. The molecule has 22 heavy (non-hydrogen) atoms. The second-order valence-electron chi connectivity index (χ2n) is 4.75. The molecule has 0 fully saturated rings. The van der Waals surface area contributed by atoms with Gasteiger partial charge in [-0.2, -0.15) is 0 Å². The number of aryl methyl sites for hydroxylation is 1. The Kier molecular flexibility index (Phi) is 4.83. The van der Waals surface area contributed by atoms with Crippen LogP contribution in [-0.2, 0) is 4.79 Å². The predicted octanol–water partition coefficient (Wildman–Crippen LogP) is 2.72. The van der Waals surface area contributed by atoms with Gasteiger partial charge < -0.3 is 19.2 Å². The van der Waals surface area contributed by atoms with Crippen LogP contribution in [0, 0.1) is 6.92 Å². The Morgan fingerprint density at radius 3 is 2.68 bits per heavy atom. The average molecular weight is 303 g/mol. The van der Waals surface area contributed by atoms with E-state index in [9.17, 15) is 9.59 Å². The van der Waals surface area contributed by atoms with Gasteiger partial charge in [0.1, 0.15) is 5.75 Å². The molecule has 1 amide bonds. The van der Waals surface area contributed by atoms with Gasteiger partial charge in [0.2, 0.25) is 0 Å². The Hall–Kier alpha value is -2.76. The minimum atomic E-state index is -0.983. The highest BCUT2D eigenvalue weighted by Crippen LogP contribution is 2.30. The topological polar surface area (TPSA) is 80.0 Å². The summed E-state index contributed by atoms with van der Waals surface area (Å²) in [6.07, 6.45) is 1.22. The maximum absolute atomic E-state index is 12.6. The highest BCUT2D eigenvalue weighted by atomic mass is 16.5. The highest BCUT2D eigenvalue weighted by molar-refractivity contribution is 6.05. The number of hydrogen-bond donors (Lipinski definition) is 1.